The molecule has 1 N–H and O–H groups in total. The number of carbonyl (C=O) groups excluding carboxylic acids is 1. The summed E-state index contributed by atoms with van der Waals surface area (Å²) in [7, 11) is 1.52. The van der Waals surface area contributed by atoms with Gasteiger partial charge in [-0.2, -0.15) is 4.98 Å². The lowest BCUT2D eigenvalue weighted by atomic mass is 10.2. The maximum Gasteiger partial charge on any atom is 0.274 e. The highest BCUT2D eigenvalue weighted by Crippen LogP contribution is 2.35. The smallest absolute Gasteiger partial charge is 0.274 e. The Morgan fingerprint density at radius 2 is 2.06 bits per heavy atom. The highest BCUT2D eigenvalue weighted by Gasteiger charge is 2.19. The van der Waals surface area contributed by atoms with E-state index in [0.29, 0.717) is 39.5 Å². The summed E-state index contributed by atoms with van der Waals surface area (Å²) in [6, 6.07) is 14.0. The molecule has 9 nitrogen and oxygen atoms in total. The fourth-order valence-corrected chi connectivity index (χ4v) is 3.52. The van der Waals surface area contributed by atoms with Crippen LogP contribution < -0.4 is 19.5 Å². The average molecular weight is 453 g/mol. The van der Waals surface area contributed by atoms with E-state index in [2.05, 4.69) is 15.5 Å². The Morgan fingerprint density at radius 1 is 1.19 bits per heavy atom. The minimum atomic E-state index is -0.265. The van der Waals surface area contributed by atoms with Gasteiger partial charge in [0.15, 0.2) is 11.5 Å². The Balaban J connectivity index is 1.34. The van der Waals surface area contributed by atoms with Gasteiger partial charge in [0.05, 0.1) is 12.8 Å². The minimum absolute atomic E-state index is 0.0275. The molecule has 0 aliphatic carbocycles. The highest BCUT2D eigenvalue weighted by molar-refractivity contribution is 6.31. The standard InChI is InChI=1S/C22H17ClN4O5/c1-29-17-7-5-14(23)10-15(17)24-20(28)11-27-8-2-3-16(27)22-25-21(26-32-22)13-4-6-18-19(9-13)31-12-30-18/h2-10H,11-12H2,1H3,(H,24,28). The van der Waals surface area contributed by atoms with E-state index in [9.17, 15) is 4.79 Å². The molecular formula is C22H17ClN4O5. The third-order valence-electron chi connectivity index (χ3n) is 4.86. The van der Waals surface area contributed by atoms with Crippen molar-refractivity contribution in [2.24, 2.45) is 0 Å². The molecule has 0 fully saturated rings. The summed E-state index contributed by atoms with van der Waals surface area (Å²) in [6.07, 6.45) is 1.76. The Bertz CT molecular complexity index is 1300. The van der Waals surface area contributed by atoms with Crippen LogP contribution in [0.1, 0.15) is 0 Å². The monoisotopic (exact) mass is 452 g/mol. The number of hydrogen-bond acceptors (Lipinski definition) is 7. The van der Waals surface area contributed by atoms with E-state index in [-0.39, 0.29) is 25.1 Å². The lowest BCUT2D eigenvalue weighted by Crippen LogP contribution is -2.19. The number of fused-ring (bicyclic) bond motifs is 1. The number of halogens is 1. The molecule has 0 bridgehead atoms. The zero-order valence-electron chi connectivity index (χ0n) is 16.9. The summed E-state index contributed by atoms with van der Waals surface area (Å²) in [6.45, 7) is 0.215. The molecule has 1 aliphatic rings. The van der Waals surface area contributed by atoms with E-state index >= 15 is 0 Å². The molecule has 1 amide bonds. The lowest BCUT2D eigenvalue weighted by molar-refractivity contribution is -0.116. The molecule has 10 heteroatoms. The Morgan fingerprint density at radius 3 is 2.94 bits per heavy atom. The number of nitrogens with zero attached hydrogens (tertiary/aromatic N) is 3. The summed E-state index contributed by atoms with van der Waals surface area (Å²) < 4.78 is 23.2. The molecule has 0 unspecified atom stereocenters. The predicted molar refractivity (Wildman–Crippen MR) is 116 cm³/mol. The number of nitrogens with one attached hydrogen (secondary N) is 1. The van der Waals surface area contributed by atoms with Crippen molar-refractivity contribution in [2.75, 3.05) is 19.2 Å². The summed E-state index contributed by atoms with van der Waals surface area (Å²) in [4.78, 5) is 17.1. The van der Waals surface area contributed by atoms with Crippen LogP contribution in [0.25, 0.3) is 23.0 Å². The molecule has 0 spiro atoms. The van der Waals surface area contributed by atoms with Gasteiger partial charge in [-0.1, -0.05) is 16.8 Å². The molecule has 1 aliphatic heterocycles. The first-order chi connectivity index (χ1) is 15.6. The second kappa shape index (κ2) is 8.27. The van der Waals surface area contributed by atoms with Crippen LogP contribution in [0.2, 0.25) is 5.02 Å². The third kappa shape index (κ3) is 3.85. The van der Waals surface area contributed by atoms with E-state index < -0.39 is 0 Å². The molecule has 32 heavy (non-hydrogen) atoms. The van der Waals surface area contributed by atoms with E-state index in [1.807, 2.05) is 6.07 Å². The number of rotatable bonds is 6. The second-order valence-corrected chi connectivity index (χ2v) is 7.34. The van der Waals surface area contributed by atoms with Gasteiger partial charge in [0, 0.05) is 16.8 Å². The van der Waals surface area contributed by atoms with Gasteiger partial charge in [0.1, 0.15) is 18.0 Å². The van der Waals surface area contributed by atoms with Crippen LogP contribution in [0.4, 0.5) is 5.69 Å². The van der Waals surface area contributed by atoms with Crippen LogP contribution in [0.3, 0.4) is 0 Å². The molecule has 0 saturated heterocycles. The zero-order valence-corrected chi connectivity index (χ0v) is 17.6. The maximum absolute atomic E-state index is 12.7. The van der Waals surface area contributed by atoms with E-state index in [1.54, 1.807) is 53.2 Å². The van der Waals surface area contributed by atoms with Gasteiger partial charge < -0.3 is 28.6 Å². The number of anilines is 1. The van der Waals surface area contributed by atoms with Gasteiger partial charge in [-0.05, 0) is 48.5 Å². The van der Waals surface area contributed by atoms with Crippen molar-refractivity contribution in [3.63, 3.8) is 0 Å². The zero-order chi connectivity index (χ0) is 22.1. The number of carbonyl (C=O) groups is 1. The molecule has 162 valence electrons. The van der Waals surface area contributed by atoms with Crippen molar-refractivity contribution in [3.8, 4) is 40.2 Å². The first-order valence-corrected chi connectivity index (χ1v) is 10.0. The molecular weight excluding hydrogens is 436 g/mol. The first-order valence-electron chi connectivity index (χ1n) is 9.63. The molecule has 3 heterocycles. The molecule has 4 aromatic rings. The molecule has 0 saturated carbocycles. The summed E-state index contributed by atoms with van der Waals surface area (Å²) in [5.74, 6) is 2.24. The Hall–Kier alpha value is -3.98. The molecule has 2 aromatic carbocycles. The van der Waals surface area contributed by atoms with E-state index in [4.69, 9.17) is 30.3 Å². The summed E-state index contributed by atoms with van der Waals surface area (Å²) >= 11 is 6.03. The second-order valence-electron chi connectivity index (χ2n) is 6.91. The van der Waals surface area contributed by atoms with Crippen molar-refractivity contribution in [1.29, 1.82) is 0 Å². The largest absolute Gasteiger partial charge is 0.495 e. The summed E-state index contributed by atoms with van der Waals surface area (Å²) in [5.41, 5.74) is 1.83. The number of amides is 1. The fourth-order valence-electron chi connectivity index (χ4n) is 3.35. The number of benzene rings is 2. The minimum Gasteiger partial charge on any atom is -0.495 e. The quantitative estimate of drug-likeness (QED) is 0.467. The normalized spacial score (nSPS) is 12.1. The molecule has 2 aromatic heterocycles. The van der Waals surface area contributed by atoms with Crippen molar-refractivity contribution in [2.45, 2.75) is 6.54 Å². The summed E-state index contributed by atoms with van der Waals surface area (Å²) in [5, 5.41) is 7.36. The molecule has 5 rings (SSSR count). The van der Waals surface area contributed by atoms with Crippen LogP contribution in [-0.2, 0) is 11.3 Å². The van der Waals surface area contributed by atoms with Crippen LogP contribution in [0.5, 0.6) is 17.2 Å². The molecule has 0 atom stereocenters. The van der Waals surface area contributed by atoms with Crippen LogP contribution >= 0.6 is 11.6 Å². The average Bonchev–Trinajstić information content (AvgIpc) is 3.53. The topological polar surface area (TPSA) is 101 Å². The van der Waals surface area contributed by atoms with Crippen molar-refractivity contribution in [3.05, 3.63) is 59.8 Å². The first kappa shape index (κ1) is 20.0. The van der Waals surface area contributed by atoms with Gasteiger partial charge in [-0.15, -0.1) is 0 Å². The Labute approximate surface area is 187 Å². The lowest BCUT2D eigenvalue weighted by Gasteiger charge is -2.11. The number of aromatic nitrogens is 3. The fraction of sp³-hybridized carbons (Fsp3) is 0.136. The van der Waals surface area contributed by atoms with Crippen molar-refractivity contribution < 1.29 is 23.5 Å². The van der Waals surface area contributed by atoms with Gasteiger partial charge in [0.25, 0.3) is 5.89 Å². The van der Waals surface area contributed by atoms with Crippen LogP contribution in [0.15, 0.2) is 59.3 Å². The van der Waals surface area contributed by atoms with Crippen molar-refractivity contribution in [1.82, 2.24) is 14.7 Å². The van der Waals surface area contributed by atoms with Gasteiger partial charge in [0.2, 0.25) is 18.5 Å². The maximum atomic E-state index is 12.7. The van der Waals surface area contributed by atoms with Crippen LogP contribution in [0, 0.1) is 0 Å². The van der Waals surface area contributed by atoms with E-state index in [0.717, 1.165) is 5.56 Å². The number of methoxy groups -OCH3 is 1. The van der Waals surface area contributed by atoms with E-state index in [1.165, 1.54) is 7.11 Å². The molecule has 0 radical (unpaired) electrons. The predicted octanol–water partition coefficient (Wildman–Crippen LogP) is 4.23. The van der Waals surface area contributed by atoms with Crippen molar-refractivity contribution >= 4 is 23.2 Å². The van der Waals surface area contributed by atoms with Gasteiger partial charge in [-0.25, -0.2) is 0 Å². The highest BCUT2D eigenvalue weighted by atomic mass is 35.5. The van der Waals surface area contributed by atoms with Gasteiger partial charge >= 0.3 is 0 Å². The SMILES string of the molecule is COc1ccc(Cl)cc1NC(=O)Cn1cccc1-c1nc(-c2ccc3c(c2)OCO3)no1. The van der Waals surface area contributed by atoms with Gasteiger partial charge in [-0.3, -0.25) is 4.79 Å². The number of ether oxygens (including phenoxy) is 3. The number of hydrogen-bond donors (Lipinski definition) is 1. The van der Waals surface area contributed by atoms with Crippen LogP contribution in [-0.4, -0.2) is 34.5 Å². The Kier molecular flexibility index (Phi) is 5.16. The third-order valence-corrected chi connectivity index (χ3v) is 5.09.